The Morgan fingerprint density at radius 3 is 2.30 bits per heavy atom. The van der Waals surface area contributed by atoms with Crippen LogP contribution in [0.4, 0.5) is 0 Å². The van der Waals surface area contributed by atoms with Crippen LogP contribution in [0.1, 0.15) is 62.8 Å². The van der Waals surface area contributed by atoms with Gasteiger partial charge in [-0.15, -0.1) is 0 Å². The van der Waals surface area contributed by atoms with E-state index in [9.17, 15) is 24.6 Å². The first-order valence-electron chi connectivity index (χ1n) is 10.8. The zero-order valence-electron chi connectivity index (χ0n) is 18.4. The first-order valence-corrected chi connectivity index (χ1v) is 10.8. The molecule has 3 rings (SSSR count). The van der Waals surface area contributed by atoms with E-state index in [1.54, 1.807) is 26.0 Å². The first kappa shape index (κ1) is 22.3. The van der Waals surface area contributed by atoms with Crippen LogP contribution < -0.4 is 5.32 Å². The van der Waals surface area contributed by atoms with Crippen LogP contribution in [0.5, 0.6) is 5.75 Å². The number of aromatic hydroxyl groups is 1. The van der Waals surface area contributed by atoms with Crippen molar-refractivity contribution in [2.75, 3.05) is 6.54 Å². The number of imide groups is 1. The molecule has 2 aliphatic heterocycles. The van der Waals surface area contributed by atoms with Crippen molar-refractivity contribution in [2.24, 2.45) is 17.8 Å². The molecule has 0 bridgehead atoms. The number of unbranched alkanes of at least 4 members (excludes halogenated alkanes) is 1. The maximum absolute atomic E-state index is 13.4. The van der Waals surface area contributed by atoms with Crippen molar-refractivity contribution in [2.45, 2.75) is 65.5 Å². The number of fused-ring (bicyclic) bond motifs is 1. The monoisotopic (exact) mass is 416 g/mol. The second-order valence-electron chi connectivity index (χ2n) is 8.79. The van der Waals surface area contributed by atoms with Gasteiger partial charge in [0.15, 0.2) is 0 Å². The quantitative estimate of drug-likeness (QED) is 0.590. The van der Waals surface area contributed by atoms with Gasteiger partial charge in [0, 0.05) is 12.6 Å². The molecule has 0 saturated carbocycles. The van der Waals surface area contributed by atoms with Crippen LogP contribution in [0.3, 0.4) is 0 Å². The molecular formula is C23H32N2O5. The van der Waals surface area contributed by atoms with Gasteiger partial charge in [0.05, 0.1) is 11.8 Å². The maximum atomic E-state index is 13.4. The SMILES string of the molecule is CCCCN1C(=O)C2C(c3cc(C)c(O)c(C)c3)NC(C(=O)O)(C(C)CC)C2C1=O. The van der Waals surface area contributed by atoms with Gasteiger partial charge in [-0.2, -0.15) is 0 Å². The Hall–Kier alpha value is -2.41. The smallest absolute Gasteiger partial charge is 0.325 e. The summed E-state index contributed by atoms with van der Waals surface area (Å²) >= 11 is 0. The van der Waals surface area contributed by atoms with Crippen molar-refractivity contribution >= 4 is 17.8 Å². The number of benzene rings is 1. The number of aliphatic carboxylic acids is 1. The molecule has 1 aromatic rings. The lowest BCUT2D eigenvalue weighted by Gasteiger charge is -2.36. The number of phenolic OH excluding ortho intramolecular Hbond substituents is 1. The summed E-state index contributed by atoms with van der Waals surface area (Å²) in [4.78, 5) is 40.6. The molecule has 1 aromatic carbocycles. The zero-order valence-corrected chi connectivity index (χ0v) is 18.4. The number of phenols is 1. The molecule has 3 N–H and O–H groups in total. The van der Waals surface area contributed by atoms with Crippen molar-refractivity contribution in [3.05, 3.63) is 28.8 Å². The lowest BCUT2D eigenvalue weighted by Crippen LogP contribution is -2.59. The number of nitrogens with one attached hydrogen (secondary N) is 1. The fourth-order valence-electron chi connectivity index (χ4n) is 5.18. The van der Waals surface area contributed by atoms with Gasteiger partial charge < -0.3 is 10.2 Å². The summed E-state index contributed by atoms with van der Waals surface area (Å²) in [5.74, 6) is -3.68. The molecule has 2 aliphatic rings. The van der Waals surface area contributed by atoms with Crippen molar-refractivity contribution in [3.8, 4) is 5.75 Å². The van der Waals surface area contributed by atoms with E-state index < -0.39 is 29.4 Å². The third-order valence-electron chi connectivity index (χ3n) is 7.04. The molecule has 0 aromatic heterocycles. The highest BCUT2D eigenvalue weighted by atomic mass is 16.4. The number of carbonyl (C=O) groups is 3. The molecule has 164 valence electrons. The molecule has 2 amide bonds. The maximum Gasteiger partial charge on any atom is 0.325 e. The number of amides is 2. The molecule has 2 saturated heterocycles. The summed E-state index contributed by atoms with van der Waals surface area (Å²) in [6.07, 6.45) is 2.08. The van der Waals surface area contributed by atoms with Crippen LogP contribution in [0, 0.1) is 31.6 Å². The van der Waals surface area contributed by atoms with Gasteiger partial charge in [0.1, 0.15) is 11.3 Å². The molecular weight excluding hydrogens is 384 g/mol. The Kier molecular flexibility index (Phi) is 5.96. The number of nitrogens with zero attached hydrogens (tertiary/aromatic N) is 1. The van der Waals surface area contributed by atoms with Crippen LogP contribution in [0.2, 0.25) is 0 Å². The fourth-order valence-corrected chi connectivity index (χ4v) is 5.18. The standard InChI is InChI=1S/C23H32N2O5/c1-6-8-9-25-20(27)16-17(21(25)28)23(22(29)30,14(5)7-2)24-18(16)15-10-12(3)19(26)13(4)11-15/h10-11,14,16-18,24,26H,6-9H2,1-5H3,(H,29,30). The van der Waals surface area contributed by atoms with Crippen molar-refractivity contribution in [3.63, 3.8) is 0 Å². The zero-order chi connectivity index (χ0) is 22.4. The van der Waals surface area contributed by atoms with Crippen LogP contribution in [-0.2, 0) is 14.4 Å². The van der Waals surface area contributed by atoms with E-state index in [2.05, 4.69) is 5.32 Å². The van der Waals surface area contributed by atoms with Gasteiger partial charge in [0.2, 0.25) is 11.8 Å². The minimum absolute atomic E-state index is 0.179. The highest BCUT2D eigenvalue weighted by molar-refractivity contribution is 6.09. The number of carboxylic acid groups (broad SMARTS) is 1. The van der Waals surface area contributed by atoms with E-state index in [1.807, 2.05) is 20.8 Å². The van der Waals surface area contributed by atoms with E-state index >= 15 is 0 Å². The van der Waals surface area contributed by atoms with Crippen molar-refractivity contribution in [1.82, 2.24) is 10.2 Å². The minimum Gasteiger partial charge on any atom is -0.507 e. The van der Waals surface area contributed by atoms with Crippen molar-refractivity contribution < 1.29 is 24.6 Å². The predicted molar refractivity (Wildman–Crippen MR) is 112 cm³/mol. The third kappa shape index (κ3) is 3.11. The lowest BCUT2D eigenvalue weighted by molar-refractivity contribution is -0.154. The van der Waals surface area contributed by atoms with E-state index in [1.165, 1.54) is 4.90 Å². The van der Waals surface area contributed by atoms with Gasteiger partial charge in [-0.25, -0.2) is 0 Å². The normalized spacial score (nSPS) is 29.4. The van der Waals surface area contributed by atoms with Gasteiger partial charge in [-0.3, -0.25) is 24.6 Å². The van der Waals surface area contributed by atoms with Crippen LogP contribution in [-0.4, -0.2) is 45.0 Å². The number of carbonyl (C=O) groups excluding carboxylic acids is 2. The highest BCUT2D eigenvalue weighted by Crippen LogP contribution is 2.52. The van der Waals surface area contributed by atoms with E-state index in [0.717, 1.165) is 12.0 Å². The Labute approximate surface area is 177 Å². The third-order valence-corrected chi connectivity index (χ3v) is 7.04. The Bertz CT molecular complexity index is 859. The summed E-state index contributed by atoms with van der Waals surface area (Å²) in [7, 11) is 0. The summed E-state index contributed by atoms with van der Waals surface area (Å²) in [5.41, 5.74) is 0.513. The molecule has 5 unspecified atom stereocenters. The van der Waals surface area contributed by atoms with Crippen LogP contribution in [0.15, 0.2) is 12.1 Å². The van der Waals surface area contributed by atoms with Gasteiger partial charge >= 0.3 is 5.97 Å². The average molecular weight is 417 g/mol. The average Bonchev–Trinajstić information content (AvgIpc) is 3.19. The Morgan fingerprint density at radius 1 is 1.20 bits per heavy atom. The summed E-state index contributed by atoms with van der Waals surface area (Å²) in [5, 5.41) is 23.7. The Balaban J connectivity index is 2.17. The number of hydrogen-bond acceptors (Lipinski definition) is 5. The van der Waals surface area contributed by atoms with E-state index in [0.29, 0.717) is 30.5 Å². The van der Waals surface area contributed by atoms with Crippen LogP contribution in [0.25, 0.3) is 0 Å². The van der Waals surface area contributed by atoms with Crippen molar-refractivity contribution in [1.29, 1.82) is 0 Å². The number of hydrogen-bond donors (Lipinski definition) is 3. The second-order valence-corrected chi connectivity index (χ2v) is 8.79. The molecule has 7 heteroatoms. The number of rotatable bonds is 7. The predicted octanol–water partition coefficient (Wildman–Crippen LogP) is 2.92. The molecule has 2 heterocycles. The minimum atomic E-state index is -1.52. The highest BCUT2D eigenvalue weighted by Gasteiger charge is 2.69. The molecule has 7 nitrogen and oxygen atoms in total. The van der Waals surface area contributed by atoms with E-state index in [4.69, 9.17) is 0 Å². The molecule has 5 atom stereocenters. The number of carboxylic acids is 1. The molecule has 30 heavy (non-hydrogen) atoms. The van der Waals surface area contributed by atoms with Gasteiger partial charge in [-0.1, -0.05) is 45.7 Å². The molecule has 0 spiro atoms. The molecule has 0 radical (unpaired) electrons. The largest absolute Gasteiger partial charge is 0.507 e. The van der Waals surface area contributed by atoms with Gasteiger partial charge in [0.25, 0.3) is 0 Å². The number of aryl methyl sites for hydroxylation is 2. The fraction of sp³-hybridized carbons (Fsp3) is 0.609. The van der Waals surface area contributed by atoms with Gasteiger partial charge in [-0.05, 0) is 42.9 Å². The van der Waals surface area contributed by atoms with Crippen LogP contribution >= 0.6 is 0 Å². The van der Waals surface area contributed by atoms with E-state index in [-0.39, 0.29) is 23.5 Å². The molecule has 2 fully saturated rings. The number of likely N-dealkylation sites (tertiary alicyclic amines) is 1. The lowest BCUT2D eigenvalue weighted by atomic mass is 9.72. The second kappa shape index (κ2) is 8.02. The summed E-state index contributed by atoms with van der Waals surface area (Å²) in [6.45, 7) is 9.56. The first-order chi connectivity index (χ1) is 14.1. The molecule has 0 aliphatic carbocycles. The summed E-state index contributed by atoms with van der Waals surface area (Å²) < 4.78 is 0. The Morgan fingerprint density at radius 2 is 1.80 bits per heavy atom. The summed E-state index contributed by atoms with van der Waals surface area (Å²) in [6, 6.07) is 2.94. The topological polar surface area (TPSA) is 107 Å².